The molecule has 1 aromatic rings. The number of nitrogens with zero attached hydrogens (tertiary/aromatic N) is 3. The number of anilines is 1. The fourth-order valence-electron chi connectivity index (χ4n) is 0.740. The molecule has 0 saturated heterocycles. The number of nitrogen functional groups attached to an aromatic ring is 1. The van der Waals surface area contributed by atoms with Crippen LogP contribution < -0.4 is 11.5 Å². The Kier molecular flexibility index (Phi) is 1.99. The van der Waals surface area contributed by atoms with Crippen molar-refractivity contribution >= 4 is 11.7 Å². The fraction of sp³-hybridized carbons (Fsp3) is 0.500. The van der Waals surface area contributed by atoms with Gasteiger partial charge in [-0.1, -0.05) is 0 Å². The molecule has 66 valence electrons. The smallest absolute Gasteiger partial charge is 0.273 e. The maximum absolute atomic E-state index is 10.7. The minimum atomic E-state index is -0.653. The normalized spacial score (nSPS) is 10.6. The SMILES string of the molecule is CC(C)n1nc(N)c(C(N)=O)n1. The summed E-state index contributed by atoms with van der Waals surface area (Å²) >= 11 is 0. The molecule has 1 amide bonds. The van der Waals surface area contributed by atoms with Gasteiger partial charge in [-0.3, -0.25) is 4.79 Å². The summed E-state index contributed by atoms with van der Waals surface area (Å²) in [6, 6.07) is 0.0698. The summed E-state index contributed by atoms with van der Waals surface area (Å²) in [5.41, 5.74) is 10.4. The average molecular weight is 169 g/mol. The van der Waals surface area contributed by atoms with Crippen LogP contribution in [0.4, 0.5) is 5.82 Å². The van der Waals surface area contributed by atoms with Gasteiger partial charge >= 0.3 is 0 Å². The molecular weight excluding hydrogens is 158 g/mol. The van der Waals surface area contributed by atoms with Crippen LogP contribution in [-0.2, 0) is 0 Å². The summed E-state index contributed by atoms with van der Waals surface area (Å²) in [6.07, 6.45) is 0. The van der Waals surface area contributed by atoms with Crippen LogP contribution in [-0.4, -0.2) is 20.9 Å². The van der Waals surface area contributed by atoms with E-state index in [2.05, 4.69) is 10.2 Å². The highest BCUT2D eigenvalue weighted by molar-refractivity contribution is 5.94. The average Bonchev–Trinajstić information content (AvgIpc) is 2.30. The molecule has 0 saturated carbocycles. The van der Waals surface area contributed by atoms with Gasteiger partial charge in [-0.15, -0.1) is 10.2 Å². The maximum atomic E-state index is 10.7. The van der Waals surface area contributed by atoms with Gasteiger partial charge in [-0.25, -0.2) is 0 Å². The van der Waals surface area contributed by atoms with Gasteiger partial charge in [0.15, 0.2) is 11.5 Å². The molecule has 0 aliphatic heterocycles. The highest BCUT2D eigenvalue weighted by atomic mass is 16.1. The maximum Gasteiger partial charge on any atom is 0.273 e. The summed E-state index contributed by atoms with van der Waals surface area (Å²) in [5, 5.41) is 7.63. The molecule has 0 aromatic carbocycles. The number of hydrogen-bond acceptors (Lipinski definition) is 4. The largest absolute Gasteiger partial charge is 0.380 e. The third kappa shape index (κ3) is 1.36. The molecule has 0 aliphatic rings. The van der Waals surface area contributed by atoms with E-state index in [4.69, 9.17) is 11.5 Å². The van der Waals surface area contributed by atoms with Crippen molar-refractivity contribution in [2.75, 3.05) is 5.73 Å². The lowest BCUT2D eigenvalue weighted by Crippen LogP contribution is -2.14. The van der Waals surface area contributed by atoms with Crippen LogP contribution >= 0.6 is 0 Å². The van der Waals surface area contributed by atoms with Crippen LogP contribution in [0.15, 0.2) is 0 Å². The Morgan fingerprint density at radius 1 is 1.50 bits per heavy atom. The van der Waals surface area contributed by atoms with Crippen molar-refractivity contribution in [1.29, 1.82) is 0 Å². The quantitative estimate of drug-likeness (QED) is 0.625. The second kappa shape index (κ2) is 2.80. The van der Waals surface area contributed by atoms with Crippen molar-refractivity contribution in [2.24, 2.45) is 5.73 Å². The number of carbonyl (C=O) groups is 1. The van der Waals surface area contributed by atoms with E-state index >= 15 is 0 Å². The number of carbonyl (C=O) groups excluding carboxylic acids is 1. The van der Waals surface area contributed by atoms with E-state index in [1.165, 1.54) is 4.80 Å². The monoisotopic (exact) mass is 169 g/mol. The molecule has 4 N–H and O–H groups in total. The lowest BCUT2D eigenvalue weighted by molar-refractivity contribution is 0.0995. The van der Waals surface area contributed by atoms with Gasteiger partial charge in [-0.05, 0) is 13.8 Å². The number of hydrogen-bond donors (Lipinski definition) is 2. The van der Waals surface area contributed by atoms with Crippen LogP contribution in [0.25, 0.3) is 0 Å². The van der Waals surface area contributed by atoms with Gasteiger partial charge in [0.1, 0.15) is 0 Å². The highest BCUT2D eigenvalue weighted by Crippen LogP contribution is 2.07. The van der Waals surface area contributed by atoms with E-state index < -0.39 is 5.91 Å². The Bertz CT molecular complexity index is 303. The van der Waals surface area contributed by atoms with Crippen molar-refractivity contribution in [3.8, 4) is 0 Å². The highest BCUT2D eigenvalue weighted by Gasteiger charge is 2.13. The van der Waals surface area contributed by atoms with Crippen LogP contribution in [0.1, 0.15) is 30.4 Å². The van der Waals surface area contributed by atoms with E-state index in [0.717, 1.165) is 0 Å². The summed E-state index contributed by atoms with van der Waals surface area (Å²) in [4.78, 5) is 12.0. The zero-order chi connectivity index (χ0) is 9.30. The molecule has 0 atom stereocenters. The first-order valence-corrected chi connectivity index (χ1v) is 3.54. The standard InChI is InChI=1S/C6H11N5O/c1-3(2)11-9-4(6(8)12)5(7)10-11/h3H,1-2H3,(H2,7,10)(H2,8,12). The Morgan fingerprint density at radius 3 is 2.33 bits per heavy atom. The molecule has 12 heavy (non-hydrogen) atoms. The van der Waals surface area contributed by atoms with Crippen LogP contribution in [0.3, 0.4) is 0 Å². The van der Waals surface area contributed by atoms with Gasteiger partial charge < -0.3 is 11.5 Å². The van der Waals surface area contributed by atoms with Crippen LogP contribution in [0, 0.1) is 0 Å². The molecule has 0 unspecified atom stereocenters. The zero-order valence-corrected chi connectivity index (χ0v) is 6.98. The van der Waals surface area contributed by atoms with E-state index in [9.17, 15) is 4.79 Å². The summed E-state index contributed by atoms with van der Waals surface area (Å²) in [7, 11) is 0. The van der Waals surface area contributed by atoms with Crippen molar-refractivity contribution in [3.05, 3.63) is 5.69 Å². The Labute approximate surface area is 69.5 Å². The number of primary amides is 1. The first-order chi connectivity index (χ1) is 5.52. The predicted octanol–water partition coefficient (Wildman–Crippen LogP) is -0.460. The van der Waals surface area contributed by atoms with Crippen molar-refractivity contribution < 1.29 is 4.79 Å². The Balaban J connectivity index is 3.09. The van der Waals surface area contributed by atoms with Gasteiger partial charge in [0.2, 0.25) is 0 Å². The molecule has 1 rings (SSSR count). The number of aromatic nitrogens is 3. The van der Waals surface area contributed by atoms with E-state index in [1.54, 1.807) is 0 Å². The van der Waals surface area contributed by atoms with E-state index in [1.807, 2.05) is 13.8 Å². The molecule has 6 nitrogen and oxygen atoms in total. The Hall–Kier alpha value is -1.59. The molecule has 6 heteroatoms. The second-order valence-corrected chi connectivity index (χ2v) is 2.71. The minimum absolute atomic E-state index is 0.0312. The first kappa shape index (κ1) is 8.51. The van der Waals surface area contributed by atoms with Gasteiger partial charge in [0, 0.05) is 0 Å². The van der Waals surface area contributed by atoms with Gasteiger partial charge in [0.05, 0.1) is 6.04 Å². The lowest BCUT2D eigenvalue weighted by atomic mass is 10.4. The molecule has 0 spiro atoms. The summed E-state index contributed by atoms with van der Waals surface area (Å²) in [5.74, 6) is -0.574. The van der Waals surface area contributed by atoms with Crippen LogP contribution in [0.2, 0.25) is 0 Å². The second-order valence-electron chi connectivity index (χ2n) is 2.71. The van der Waals surface area contributed by atoms with Gasteiger partial charge in [0.25, 0.3) is 5.91 Å². The minimum Gasteiger partial charge on any atom is -0.380 e. The zero-order valence-electron chi connectivity index (χ0n) is 6.98. The molecule has 1 heterocycles. The topological polar surface area (TPSA) is 99.8 Å². The van der Waals surface area contributed by atoms with Gasteiger partial charge in [-0.2, -0.15) is 4.80 Å². The van der Waals surface area contributed by atoms with E-state index in [-0.39, 0.29) is 17.6 Å². The van der Waals surface area contributed by atoms with E-state index in [0.29, 0.717) is 0 Å². The van der Waals surface area contributed by atoms with Crippen molar-refractivity contribution in [2.45, 2.75) is 19.9 Å². The first-order valence-electron chi connectivity index (χ1n) is 3.54. The number of amides is 1. The molecule has 0 aliphatic carbocycles. The van der Waals surface area contributed by atoms with Crippen molar-refractivity contribution in [3.63, 3.8) is 0 Å². The van der Waals surface area contributed by atoms with Crippen LogP contribution in [0.5, 0.6) is 0 Å². The fourth-order valence-corrected chi connectivity index (χ4v) is 0.740. The molecule has 0 radical (unpaired) electrons. The third-order valence-electron chi connectivity index (χ3n) is 1.35. The third-order valence-corrected chi connectivity index (χ3v) is 1.35. The van der Waals surface area contributed by atoms with Crippen molar-refractivity contribution in [1.82, 2.24) is 15.0 Å². The Morgan fingerprint density at radius 2 is 2.08 bits per heavy atom. The molecule has 0 bridgehead atoms. The molecule has 1 aromatic heterocycles. The molecular formula is C6H11N5O. The summed E-state index contributed by atoms with van der Waals surface area (Å²) < 4.78 is 0. The number of rotatable bonds is 2. The predicted molar refractivity (Wildman–Crippen MR) is 43.3 cm³/mol. The number of nitrogens with two attached hydrogens (primary N) is 2. The lowest BCUT2D eigenvalue weighted by Gasteiger charge is -1.99. The molecule has 0 fully saturated rings. The summed E-state index contributed by atoms with van der Waals surface area (Å²) in [6.45, 7) is 3.76.